The van der Waals surface area contributed by atoms with E-state index in [1.807, 2.05) is 30.3 Å². The summed E-state index contributed by atoms with van der Waals surface area (Å²) in [4.78, 5) is 19.2. The Morgan fingerprint density at radius 1 is 1.14 bits per heavy atom. The van der Waals surface area contributed by atoms with Gasteiger partial charge in [0.15, 0.2) is 0 Å². The zero-order chi connectivity index (χ0) is 20.6. The fourth-order valence-corrected chi connectivity index (χ4v) is 3.09. The van der Waals surface area contributed by atoms with Crippen molar-refractivity contribution in [2.45, 2.75) is 20.3 Å². The second-order valence-electron chi connectivity index (χ2n) is 6.73. The van der Waals surface area contributed by atoms with Gasteiger partial charge in [-0.1, -0.05) is 43.3 Å². The monoisotopic (exact) mass is 393 g/mol. The van der Waals surface area contributed by atoms with Gasteiger partial charge in [-0.15, -0.1) is 0 Å². The fourth-order valence-electron chi connectivity index (χ4n) is 3.09. The van der Waals surface area contributed by atoms with Crippen LogP contribution in [-0.4, -0.2) is 47.1 Å². The van der Waals surface area contributed by atoms with Crippen molar-refractivity contribution in [3.05, 3.63) is 54.1 Å². The van der Waals surface area contributed by atoms with Crippen LogP contribution in [0.5, 0.6) is 0 Å². The maximum absolute atomic E-state index is 12.5. The molecule has 0 radical (unpaired) electrons. The summed E-state index contributed by atoms with van der Waals surface area (Å²) in [5.41, 5.74) is 8.51. The maximum atomic E-state index is 12.5. The van der Waals surface area contributed by atoms with Crippen LogP contribution in [0, 0.1) is 0 Å². The first-order valence-corrected chi connectivity index (χ1v) is 9.92. The third-order valence-corrected chi connectivity index (χ3v) is 4.83. The molecule has 0 aliphatic heterocycles. The van der Waals surface area contributed by atoms with Gasteiger partial charge in [0, 0.05) is 23.4 Å². The lowest BCUT2D eigenvalue weighted by molar-refractivity contribution is 0.0952. The van der Waals surface area contributed by atoms with Crippen molar-refractivity contribution >= 4 is 11.6 Å². The van der Waals surface area contributed by atoms with Crippen LogP contribution >= 0.6 is 0 Å². The summed E-state index contributed by atoms with van der Waals surface area (Å²) in [6.07, 6.45) is 0.916. The van der Waals surface area contributed by atoms with Crippen molar-refractivity contribution in [3.8, 4) is 22.8 Å². The lowest BCUT2D eigenvalue weighted by atomic mass is 10.1. The van der Waals surface area contributed by atoms with E-state index in [0.717, 1.165) is 26.1 Å². The minimum absolute atomic E-state index is 0.109. The smallest absolute Gasteiger partial charge is 0.260 e. The quantitative estimate of drug-likeness (QED) is 0.427. The molecule has 1 heterocycles. The molecular weight excluding hydrogens is 366 g/mol. The molecule has 3 aromatic rings. The van der Waals surface area contributed by atoms with Gasteiger partial charge in [-0.2, -0.15) is 4.98 Å². The molecule has 0 saturated heterocycles. The Morgan fingerprint density at radius 2 is 1.93 bits per heavy atom. The normalized spacial score (nSPS) is 11.0. The van der Waals surface area contributed by atoms with E-state index in [1.54, 1.807) is 18.2 Å². The van der Waals surface area contributed by atoms with Crippen LogP contribution in [0.2, 0.25) is 0 Å². The van der Waals surface area contributed by atoms with Crippen molar-refractivity contribution in [1.29, 1.82) is 0 Å². The Kier molecular flexibility index (Phi) is 6.97. The molecule has 7 heteroatoms. The third kappa shape index (κ3) is 5.20. The average molecular weight is 393 g/mol. The van der Waals surface area contributed by atoms with Crippen molar-refractivity contribution in [2.75, 3.05) is 31.9 Å². The van der Waals surface area contributed by atoms with Gasteiger partial charge in [-0.3, -0.25) is 4.79 Å². The first-order valence-electron chi connectivity index (χ1n) is 9.92. The van der Waals surface area contributed by atoms with Crippen molar-refractivity contribution in [3.63, 3.8) is 0 Å². The molecular formula is C22H27N5O2. The molecule has 0 spiro atoms. The molecule has 0 aliphatic rings. The van der Waals surface area contributed by atoms with E-state index in [9.17, 15) is 4.79 Å². The summed E-state index contributed by atoms with van der Waals surface area (Å²) in [5, 5.41) is 7.01. The number of rotatable bonds is 9. The molecule has 7 nitrogen and oxygen atoms in total. The van der Waals surface area contributed by atoms with Crippen LogP contribution in [0.3, 0.4) is 0 Å². The van der Waals surface area contributed by atoms with E-state index < -0.39 is 0 Å². The van der Waals surface area contributed by atoms with Crippen LogP contribution in [0.15, 0.2) is 53.1 Å². The van der Waals surface area contributed by atoms with Gasteiger partial charge in [-0.25, -0.2) is 0 Å². The van der Waals surface area contributed by atoms with E-state index >= 15 is 0 Å². The Labute approximate surface area is 170 Å². The standard InChI is InChI=1S/C22H27N5O2/c1-3-27(4-2)14-8-13-24-21(28)17-10-7-9-16(15-17)20-25-22(29-26-20)18-11-5-6-12-19(18)23/h5-7,9-12,15H,3-4,8,13-14,23H2,1-2H3,(H,24,28). The molecule has 3 rings (SSSR count). The summed E-state index contributed by atoms with van der Waals surface area (Å²) in [6.45, 7) is 7.94. The van der Waals surface area contributed by atoms with Crippen LogP contribution in [0.1, 0.15) is 30.6 Å². The molecule has 0 saturated carbocycles. The molecule has 0 fully saturated rings. The number of carbonyl (C=O) groups is 1. The maximum Gasteiger partial charge on any atom is 0.260 e. The summed E-state index contributed by atoms with van der Waals surface area (Å²) in [5.74, 6) is 0.659. The molecule has 1 aromatic heterocycles. The number of para-hydroxylation sites is 1. The zero-order valence-electron chi connectivity index (χ0n) is 16.9. The average Bonchev–Trinajstić information content (AvgIpc) is 3.24. The molecule has 29 heavy (non-hydrogen) atoms. The van der Waals surface area contributed by atoms with E-state index in [0.29, 0.717) is 40.6 Å². The zero-order valence-corrected chi connectivity index (χ0v) is 16.9. The number of aromatic nitrogens is 2. The van der Waals surface area contributed by atoms with Gasteiger partial charge in [0.25, 0.3) is 11.8 Å². The summed E-state index contributed by atoms with van der Waals surface area (Å²) < 4.78 is 5.36. The van der Waals surface area contributed by atoms with Crippen molar-refractivity contribution in [1.82, 2.24) is 20.4 Å². The van der Waals surface area contributed by atoms with Crippen LogP contribution in [-0.2, 0) is 0 Å². The lowest BCUT2D eigenvalue weighted by Crippen LogP contribution is -2.29. The second kappa shape index (κ2) is 9.84. The van der Waals surface area contributed by atoms with Gasteiger partial charge in [0.2, 0.25) is 5.82 Å². The summed E-state index contributed by atoms with van der Waals surface area (Å²) in [7, 11) is 0. The van der Waals surface area contributed by atoms with E-state index in [2.05, 4.69) is 34.2 Å². The van der Waals surface area contributed by atoms with E-state index in [-0.39, 0.29) is 5.91 Å². The Morgan fingerprint density at radius 3 is 2.69 bits per heavy atom. The van der Waals surface area contributed by atoms with Crippen molar-refractivity contribution < 1.29 is 9.32 Å². The fraction of sp³-hybridized carbons (Fsp3) is 0.318. The number of amides is 1. The number of hydrogen-bond donors (Lipinski definition) is 2. The number of anilines is 1. The topological polar surface area (TPSA) is 97.3 Å². The molecule has 3 N–H and O–H groups in total. The highest BCUT2D eigenvalue weighted by Crippen LogP contribution is 2.26. The predicted molar refractivity (Wildman–Crippen MR) is 114 cm³/mol. The minimum Gasteiger partial charge on any atom is -0.398 e. The number of nitrogens with two attached hydrogens (primary N) is 1. The number of carbonyl (C=O) groups excluding carboxylic acids is 1. The van der Waals surface area contributed by atoms with E-state index in [4.69, 9.17) is 10.3 Å². The number of hydrogen-bond acceptors (Lipinski definition) is 6. The van der Waals surface area contributed by atoms with Crippen molar-refractivity contribution in [2.24, 2.45) is 0 Å². The number of benzene rings is 2. The Bertz CT molecular complexity index is 950. The van der Waals surface area contributed by atoms with Gasteiger partial charge in [0.05, 0.1) is 5.56 Å². The Balaban J connectivity index is 1.65. The molecule has 2 aromatic carbocycles. The second-order valence-corrected chi connectivity index (χ2v) is 6.73. The van der Waals surface area contributed by atoms with Gasteiger partial charge in [-0.05, 0) is 50.3 Å². The van der Waals surface area contributed by atoms with E-state index in [1.165, 1.54) is 0 Å². The Hall–Kier alpha value is -3.19. The largest absolute Gasteiger partial charge is 0.398 e. The highest BCUT2D eigenvalue weighted by molar-refractivity contribution is 5.95. The molecule has 0 unspecified atom stereocenters. The SMILES string of the molecule is CCN(CC)CCCNC(=O)c1cccc(-c2noc(-c3ccccc3N)n2)c1. The first kappa shape index (κ1) is 20.5. The molecule has 0 bridgehead atoms. The molecule has 0 atom stereocenters. The van der Waals surface area contributed by atoms with Crippen LogP contribution in [0.4, 0.5) is 5.69 Å². The summed E-state index contributed by atoms with van der Waals surface area (Å²) in [6, 6.07) is 14.5. The molecule has 0 aliphatic carbocycles. The van der Waals surface area contributed by atoms with Crippen LogP contribution in [0.25, 0.3) is 22.8 Å². The lowest BCUT2D eigenvalue weighted by Gasteiger charge is -2.17. The van der Waals surface area contributed by atoms with Gasteiger partial charge < -0.3 is 20.5 Å². The third-order valence-electron chi connectivity index (χ3n) is 4.83. The number of nitrogens with one attached hydrogen (secondary N) is 1. The van der Waals surface area contributed by atoms with Crippen LogP contribution < -0.4 is 11.1 Å². The number of nitrogens with zero attached hydrogens (tertiary/aromatic N) is 3. The van der Waals surface area contributed by atoms with Gasteiger partial charge in [0.1, 0.15) is 0 Å². The summed E-state index contributed by atoms with van der Waals surface area (Å²) >= 11 is 0. The predicted octanol–water partition coefficient (Wildman–Crippen LogP) is 3.45. The molecule has 152 valence electrons. The highest BCUT2D eigenvalue weighted by atomic mass is 16.5. The minimum atomic E-state index is -0.109. The highest BCUT2D eigenvalue weighted by Gasteiger charge is 2.14. The number of nitrogen functional groups attached to an aromatic ring is 1. The van der Waals surface area contributed by atoms with Gasteiger partial charge >= 0.3 is 0 Å². The first-order chi connectivity index (χ1) is 14.1. The molecule has 1 amide bonds.